The van der Waals surface area contributed by atoms with Gasteiger partial charge in [0.1, 0.15) is 0 Å². The average molecular weight is 166 g/mol. The highest BCUT2D eigenvalue weighted by atomic mass is 14.2. The molecular formula is C12H22. The van der Waals surface area contributed by atoms with Crippen molar-refractivity contribution in [3.63, 3.8) is 0 Å². The summed E-state index contributed by atoms with van der Waals surface area (Å²) >= 11 is 0. The van der Waals surface area contributed by atoms with Gasteiger partial charge in [0.2, 0.25) is 0 Å². The molecule has 1 aliphatic rings. The van der Waals surface area contributed by atoms with Crippen LogP contribution >= 0.6 is 0 Å². The van der Waals surface area contributed by atoms with Crippen molar-refractivity contribution in [3.8, 4) is 0 Å². The molecule has 0 heteroatoms. The Morgan fingerprint density at radius 3 is 2.50 bits per heavy atom. The molecule has 0 amide bonds. The van der Waals surface area contributed by atoms with E-state index < -0.39 is 0 Å². The zero-order valence-electron chi connectivity index (χ0n) is 8.55. The fourth-order valence-corrected chi connectivity index (χ4v) is 2.36. The molecular weight excluding hydrogens is 144 g/mol. The third-order valence-electron chi connectivity index (χ3n) is 2.95. The van der Waals surface area contributed by atoms with Crippen molar-refractivity contribution < 1.29 is 0 Å². The zero-order valence-corrected chi connectivity index (χ0v) is 8.55. The van der Waals surface area contributed by atoms with Gasteiger partial charge in [-0.2, -0.15) is 0 Å². The molecule has 1 saturated carbocycles. The average Bonchev–Trinajstić information content (AvgIpc) is 2.06. The molecule has 1 aliphatic carbocycles. The topological polar surface area (TPSA) is 0 Å². The quantitative estimate of drug-likeness (QED) is 0.552. The first-order valence-electron chi connectivity index (χ1n) is 5.45. The van der Waals surface area contributed by atoms with E-state index in [9.17, 15) is 0 Å². The van der Waals surface area contributed by atoms with Crippen molar-refractivity contribution in [2.24, 2.45) is 11.8 Å². The third-order valence-corrected chi connectivity index (χ3v) is 2.95. The van der Waals surface area contributed by atoms with Crippen LogP contribution in [0.3, 0.4) is 0 Å². The molecule has 0 saturated heterocycles. The highest BCUT2D eigenvalue weighted by Gasteiger charge is 2.14. The lowest BCUT2D eigenvalue weighted by Gasteiger charge is -2.23. The first kappa shape index (κ1) is 9.83. The lowest BCUT2D eigenvalue weighted by atomic mass is 9.83. The summed E-state index contributed by atoms with van der Waals surface area (Å²) in [6.45, 7) is 4.46. The maximum absolute atomic E-state index is 2.34. The highest BCUT2D eigenvalue weighted by Crippen LogP contribution is 2.29. The van der Waals surface area contributed by atoms with Gasteiger partial charge in [-0.25, -0.2) is 0 Å². The van der Waals surface area contributed by atoms with Crippen molar-refractivity contribution >= 4 is 0 Å². The molecule has 0 aromatic carbocycles. The Morgan fingerprint density at radius 1 is 1.25 bits per heavy atom. The van der Waals surface area contributed by atoms with Crippen LogP contribution in [0.2, 0.25) is 0 Å². The van der Waals surface area contributed by atoms with Crippen LogP contribution in [0.4, 0.5) is 0 Å². The van der Waals surface area contributed by atoms with Gasteiger partial charge in [0.05, 0.1) is 0 Å². The van der Waals surface area contributed by atoms with Crippen LogP contribution < -0.4 is 0 Å². The molecule has 0 nitrogen and oxygen atoms in total. The van der Waals surface area contributed by atoms with Crippen LogP contribution in [-0.2, 0) is 0 Å². The second-order valence-corrected chi connectivity index (χ2v) is 4.24. The number of hydrogen-bond acceptors (Lipinski definition) is 0. The fourth-order valence-electron chi connectivity index (χ4n) is 2.36. The van der Waals surface area contributed by atoms with E-state index in [0.29, 0.717) is 0 Å². The normalized spacial score (nSPS) is 23.2. The molecule has 70 valence electrons. The largest absolute Gasteiger partial charge is 0.0914 e. The predicted molar refractivity (Wildman–Crippen MR) is 55.2 cm³/mol. The Morgan fingerprint density at radius 2 is 1.92 bits per heavy atom. The maximum Gasteiger partial charge on any atom is -0.0259 e. The van der Waals surface area contributed by atoms with E-state index in [2.05, 4.69) is 26.0 Å². The molecule has 1 fully saturated rings. The minimum Gasteiger partial charge on any atom is -0.0914 e. The van der Waals surface area contributed by atoms with Crippen molar-refractivity contribution in [2.75, 3.05) is 0 Å². The first-order valence-corrected chi connectivity index (χ1v) is 5.45. The molecule has 1 atom stereocenters. The summed E-state index contributed by atoms with van der Waals surface area (Å²) in [5.41, 5.74) is 0. The molecule has 0 aliphatic heterocycles. The van der Waals surface area contributed by atoms with E-state index >= 15 is 0 Å². The monoisotopic (exact) mass is 166 g/mol. The van der Waals surface area contributed by atoms with Crippen molar-refractivity contribution in [2.45, 2.75) is 52.4 Å². The van der Waals surface area contributed by atoms with E-state index in [1.54, 1.807) is 0 Å². The van der Waals surface area contributed by atoms with Gasteiger partial charge in [-0.3, -0.25) is 0 Å². The second kappa shape index (κ2) is 5.40. The minimum atomic E-state index is 0.804. The van der Waals surface area contributed by atoms with E-state index in [0.717, 1.165) is 11.8 Å². The predicted octanol–water partition coefficient (Wildman–Crippen LogP) is 4.17. The first-order chi connectivity index (χ1) is 5.83. The summed E-state index contributed by atoms with van der Waals surface area (Å²) in [6, 6.07) is 0. The van der Waals surface area contributed by atoms with Crippen molar-refractivity contribution in [1.29, 1.82) is 0 Å². The maximum atomic E-state index is 2.34. The smallest absolute Gasteiger partial charge is 0.0259 e. The van der Waals surface area contributed by atoms with Crippen LogP contribution in [0.1, 0.15) is 52.4 Å². The fraction of sp³-hybridized carbons (Fsp3) is 0.833. The Kier molecular flexibility index (Phi) is 4.42. The van der Waals surface area contributed by atoms with Crippen LogP contribution in [0, 0.1) is 11.8 Å². The van der Waals surface area contributed by atoms with Crippen LogP contribution in [0.5, 0.6) is 0 Å². The van der Waals surface area contributed by atoms with Gasteiger partial charge < -0.3 is 0 Å². The molecule has 0 radical (unpaired) electrons. The van der Waals surface area contributed by atoms with E-state index in [1.807, 2.05) is 0 Å². The molecule has 1 rings (SSSR count). The lowest BCUT2D eigenvalue weighted by Crippen LogP contribution is -2.09. The van der Waals surface area contributed by atoms with Gasteiger partial charge in [0.25, 0.3) is 0 Å². The Labute approximate surface area is 77.1 Å². The van der Waals surface area contributed by atoms with Gasteiger partial charge in [-0.1, -0.05) is 51.2 Å². The van der Waals surface area contributed by atoms with E-state index in [1.165, 1.54) is 38.5 Å². The molecule has 1 unspecified atom stereocenters. The molecule has 0 spiro atoms. The summed E-state index contributed by atoms with van der Waals surface area (Å²) < 4.78 is 0. The summed E-state index contributed by atoms with van der Waals surface area (Å²) in [5, 5.41) is 0. The number of allylic oxidation sites excluding steroid dienone is 2. The molecule has 0 aromatic heterocycles. The lowest BCUT2D eigenvalue weighted by molar-refractivity contribution is 0.315. The SMILES string of the molecule is CC=CC(C)CC1CCCCC1. The summed E-state index contributed by atoms with van der Waals surface area (Å²) in [7, 11) is 0. The molecule has 12 heavy (non-hydrogen) atoms. The van der Waals surface area contributed by atoms with Gasteiger partial charge in [-0.15, -0.1) is 0 Å². The van der Waals surface area contributed by atoms with E-state index in [-0.39, 0.29) is 0 Å². The molecule has 0 N–H and O–H groups in total. The highest BCUT2D eigenvalue weighted by molar-refractivity contribution is 4.84. The standard InChI is InChI=1S/C12H22/c1-3-7-11(2)10-12-8-5-4-6-9-12/h3,7,11-12H,4-6,8-10H2,1-2H3. The Bertz CT molecular complexity index is 129. The van der Waals surface area contributed by atoms with E-state index in [4.69, 9.17) is 0 Å². The Balaban J connectivity index is 2.19. The summed E-state index contributed by atoms with van der Waals surface area (Å²) in [5.74, 6) is 1.84. The summed E-state index contributed by atoms with van der Waals surface area (Å²) in [6.07, 6.45) is 13.4. The number of hydrogen-bond donors (Lipinski definition) is 0. The van der Waals surface area contributed by atoms with Crippen LogP contribution in [0.15, 0.2) is 12.2 Å². The Hall–Kier alpha value is -0.260. The molecule has 0 bridgehead atoms. The van der Waals surface area contributed by atoms with Gasteiger partial charge >= 0.3 is 0 Å². The van der Waals surface area contributed by atoms with Crippen molar-refractivity contribution in [1.82, 2.24) is 0 Å². The zero-order chi connectivity index (χ0) is 8.81. The second-order valence-electron chi connectivity index (χ2n) is 4.24. The van der Waals surface area contributed by atoms with Crippen molar-refractivity contribution in [3.05, 3.63) is 12.2 Å². The van der Waals surface area contributed by atoms with Gasteiger partial charge in [0, 0.05) is 0 Å². The number of rotatable bonds is 3. The van der Waals surface area contributed by atoms with Gasteiger partial charge in [-0.05, 0) is 25.2 Å². The summed E-state index contributed by atoms with van der Waals surface area (Å²) in [4.78, 5) is 0. The molecule has 0 heterocycles. The van der Waals surface area contributed by atoms with Gasteiger partial charge in [0.15, 0.2) is 0 Å². The van der Waals surface area contributed by atoms with Crippen LogP contribution in [-0.4, -0.2) is 0 Å². The third kappa shape index (κ3) is 3.42. The molecule has 0 aromatic rings. The minimum absolute atomic E-state index is 0.804. The van der Waals surface area contributed by atoms with Crippen LogP contribution in [0.25, 0.3) is 0 Å².